The number of fused-ring (bicyclic) bond motifs is 1. The highest BCUT2D eigenvalue weighted by atomic mass is 16.5. The van der Waals surface area contributed by atoms with Gasteiger partial charge in [0.25, 0.3) is 0 Å². The molecule has 152 valence electrons. The first-order chi connectivity index (χ1) is 14.5. The van der Waals surface area contributed by atoms with Crippen LogP contribution in [0.3, 0.4) is 0 Å². The van der Waals surface area contributed by atoms with Crippen LogP contribution in [0.2, 0.25) is 0 Å². The molecule has 3 N–H and O–H groups in total. The third kappa shape index (κ3) is 3.50. The number of nitrogens with two attached hydrogens (primary N) is 1. The SMILES string of the molecule is COc1cccc([C@H]2C(C#N)=C(N)Oc3n[nH]c(-c4ccc(CC(C)C)cc4)c32)c1. The summed E-state index contributed by atoms with van der Waals surface area (Å²) in [7, 11) is 1.62. The number of hydrogen-bond donors (Lipinski definition) is 2. The smallest absolute Gasteiger partial charge is 0.244 e. The highest BCUT2D eigenvalue weighted by molar-refractivity contribution is 5.71. The van der Waals surface area contributed by atoms with Crippen molar-refractivity contribution in [1.29, 1.82) is 5.26 Å². The maximum Gasteiger partial charge on any atom is 0.244 e. The lowest BCUT2D eigenvalue weighted by Crippen LogP contribution is -2.21. The fraction of sp³-hybridized carbons (Fsp3) is 0.250. The van der Waals surface area contributed by atoms with E-state index in [4.69, 9.17) is 15.2 Å². The molecular formula is C24H24N4O2. The highest BCUT2D eigenvalue weighted by Crippen LogP contribution is 2.46. The molecule has 0 bridgehead atoms. The number of rotatable bonds is 5. The zero-order chi connectivity index (χ0) is 21.3. The van der Waals surface area contributed by atoms with E-state index in [0.29, 0.717) is 23.1 Å². The molecule has 0 saturated heterocycles. The normalized spacial score (nSPS) is 15.5. The largest absolute Gasteiger partial charge is 0.497 e. The molecular weight excluding hydrogens is 376 g/mol. The Kier molecular flexibility index (Phi) is 5.20. The van der Waals surface area contributed by atoms with Crippen molar-refractivity contribution in [1.82, 2.24) is 10.2 Å². The lowest BCUT2D eigenvalue weighted by Gasteiger charge is -2.24. The fourth-order valence-electron chi connectivity index (χ4n) is 3.90. The minimum atomic E-state index is -0.405. The number of nitriles is 1. The highest BCUT2D eigenvalue weighted by Gasteiger charge is 2.35. The summed E-state index contributed by atoms with van der Waals surface area (Å²) in [5.41, 5.74) is 11.2. The molecule has 1 aliphatic rings. The van der Waals surface area contributed by atoms with E-state index in [2.05, 4.69) is 54.4 Å². The second-order valence-electron chi connectivity index (χ2n) is 7.81. The summed E-state index contributed by atoms with van der Waals surface area (Å²) in [5.74, 6) is 1.36. The van der Waals surface area contributed by atoms with Gasteiger partial charge in [-0.05, 0) is 35.6 Å². The molecule has 2 aromatic carbocycles. The lowest BCUT2D eigenvalue weighted by atomic mass is 9.83. The van der Waals surface area contributed by atoms with Gasteiger partial charge in [0.2, 0.25) is 11.8 Å². The fourth-order valence-corrected chi connectivity index (χ4v) is 3.90. The molecule has 0 fully saturated rings. The standard InChI is InChI=1S/C24H24N4O2/c1-14(2)11-15-7-9-16(10-8-15)22-21-20(17-5-4-6-18(12-17)29-3)19(13-25)23(26)30-24(21)28-27-22/h4-10,12,14,20H,11,26H2,1-3H3,(H,27,28)/t20-/m0/s1. The van der Waals surface area contributed by atoms with Gasteiger partial charge in [0.05, 0.1) is 24.3 Å². The third-order valence-electron chi connectivity index (χ3n) is 5.25. The van der Waals surface area contributed by atoms with Crippen LogP contribution in [0.4, 0.5) is 0 Å². The second kappa shape index (κ2) is 7.96. The molecule has 2 heterocycles. The molecule has 6 nitrogen and oxygen atoms in total. The molecule has 1 aliphatic heterocycles. The topological polar surface area (TPSA) is 96.9 Å². The van der Waals surface area contributed by atoms with E-state index in [0.717, 1.165) is 28.8 Å². The monoisotopic (exact) mass is 400 g/mol. The number of aromatic amines is 1. The Hall–Kier alpha value is -3.72. The Morgan fingerprint density at radius 1 is 1.23 bits per heavy atom. The Balaban J connectivity index is 1.84. The summed E-state index contributed by atoms with van der Waals surface area (Å²) in [6.45, 7) is 4.41. The number of benzene rings is 2. The number of hydrogen-bond acceptors (Lipinski definition) is 5. The van der Waals surface area contributed by atoms with Crippen molar-refractivity contribution >= 4 is 0 Å². The molecule has 0 unspecified atom stereocenters. The molecule has 4 rings (SSSR count). The summed E-state index contributed by atoms with van der Waals surface area (Å²) >= 11 is 0. The Morgan fingerprint density at radius 3 is 2.67 bits per heavy atom. The molecule has 0 saturated carbocycles. The quantitative estimate of drug-likeness (QED) is 0.657. The lowest BCUT2D eigenvalue weighted by molar-refractivity contribution is 0.378. The molecule has 0 radical (unpaired) electrons. The van der Waals surface area contributed by atoms with E-state index in [1.807, 2.05) is 24.3 Å². The average Bonchev–Trinajstić information content (AvgIpc) is 3.16. The summed E-state index contributed by atoms with van der Waals surface area (Å²) < 4.78 is 11.1. The summed E-state index contributed by atoms with van der Waals surface area (Å²) in [6, 6.07) is 18.3. The van der Waals surface area contributed by atoms with E-state index < -0.39 is 5.92 Å². The first kappa shape index (κ1) is 19.6. The van der Waals surface area contributed by atoms with Gasteiger partial charge in [-0.1, -0.05) is 50.2 Å². The minimum Gasteiger partial charge on any atom is -0.497 e. The van der Waals surface area contributed by atoms with Crippen LogP contribution in [0, 0.1) is 17.2 Å². The molecule has 0 spiro atoms. The van der Waals surface area contributed by atoms with Crippen molar-refractivity contribution in [2.24, 2.45) is 11.7 Å². The molecule has 3 aromatic rings. The van der Waals surface area contributed by atoms with Gasteiger partial charge in [-0.3, -0.25) is 5.10 Å². The summed E-state index contributed by atoms with van der Waals surface area (Å²) in [5, 5.41) is 17.3. The molecule has 1 aromatic heterocycles. The molecule has 0 aliphatic carbocycles. The maximum atomic E-state index is 9.83. The maximum absolute atomic E-state index is 9.83. The van der Waals surface area contributed by atoms with Gasteiger partial charge in [0, 0.05) is 5.56 Å². The predicted octanol–water partition coefficient (Wildman–Crippen LogP) is 4.50. The van der Waals surface area contributed by atoms with Crippen LogP contribution in [0.25, 0.3) is 11.3 Å². The number of nitrogens with one attached hydrogen (secondary N) is 1. The molecule has 30 heavy (non-hydrogen) atoms. The van der Waals surface area contributed by atoms with Gasteiger partial charge >= 0.3 is 0 Å². The summed E-state index contributed by atoms with van der Waals surface area (Å²) in [6.07, 6.45) is 1.02. The predicted molar refractivity (Wildman–Crippen MR) is 115 cm³/mol. The van der Waals surface area contributed by atoms with Crippen LogP contribution in [-0.4, -0.2) is 17.3 Å². The van der Waals surface area contributed by atoms with Gasteiger partial charge in [-0.2, -0.15) is 5.26 Å². The van der Waals surface area contributed by atoms with Crippen LogP contribution in [0.5, 0.6) is 11.6 Å². The van der Waals surface area contributed by atoms with Gasteiger partial charge in [-0.25, -0.2) is 0 Å². The average molecular weight is 400 g/mol. The van der Waals surface area contributed by atoms with Crippen LogP contribution >= 0.6 is 0 Å². The first-order valence-corrected chi connectivity index (χ1v) is 9.91. The Bertz CT molecular complexity index is 1140. The number of methoxy groups -OCH3 is 1. The Morgan fingerprint density at radius 2 is 2.00 bits per heavy atom. The van der Waals surface area contributed by atoms with Crippen molar-refractivity contribution in [3.63, 3.8) is 0 Å². The van der Waals surface area contributed by atoms with Crippen LogP contribution < -0.4 is 15.2 Å². The minimum absolute atomic E-state index is 0.0724. The zero-order valence-corrected chi connectivity index (χ0v) is 17.3. The second-order valence-corrected chi connectivity index (χ2v) is 7.81. The number of aromatic nitrogens is 2. The third-order valence-corrected chi connectivity index (χ3v) is 5.25. The zero-order valence-electron chi connectivity index (χ0n) is 17.3. The van der Waals surface area contributed by atoms with E-state index in [9.17, 15) is 5.26 Å². The Labute approximate surface area is 175 Å². The van der Waals surface area contributed by atoms with Crippen molar-refractivity contribution in [3.8, 4) is 29.0 Å². The molecule has 1 atom stereocenters. The first-order valence-electron chi connectivity index (χ1n) is 9.91. The van der Waals surface area contributed by atoms with Gasteiger partial charge in [0.15, 0.2) is 0 Å². The van der Waals surface area contributed by atoms with Crippen molar-refractivity contribution in [2.75, 3.05) is 7.11 Å². The number of H-pyrrole nitrogens is 1. The number of nitrogens with zero attached hydrogens (tertiary/aromatic N) is 2. The van der Waals surface area contributed by atoms with Gasteiger partial charge in [0.1, 0.15) is 17.4 Å². The van der Waals surface area contributed by atoms with Crippen molar-refractivity contribution in [3.05, 3.63) is 76.7 Å². The van der Waals surface area contributed by atoms with Crippen molar-refractivity contribution < 1.29 is 9.47 Å². The van der Waals surface area contributed by atoms with E-state index in [-0.39, 0.29) is 5.88 Å². The van der Waals surface area contributed by atoms with Gasteiger partial charge in [-0.15, -0.1) is 5.10 Å². The van der Waals surface area contributed by atoms with Crippen LogP contribution in [0.15, 0.2) is 60.0 Å². The van der Waals surface area contributed by atoms with E-state index in [1.165, 1.54) is 5.56 Å². The van der Waals surface area contributed by atoms with E-state index >= 15 is 0 Å². The van der Waals surface area contributed by atoms with Crippen LogP contribution in [-0.2, 0) is 6.42 Å². The summed E-state index contributed by atoms with van der Waals surface area (Å²) in [4.78, 5) is 0. The number of allylic oxidation sites excluding steroid dienone is 1. The van der Waals surface area contributed by atoms with Gasteiger partial charge < -0.3 is 15.2 Å². The van der Waals surface area contributed by atoms with E-state index in [1.54, 1.807) is 7.11 Å². The number of ether oxygens (including phenoxy) is 2. The van der Waals surface area contributed by atoms with Crippen molar-refractivity contribution in [2.45, 2.75) is 26.2 Å². The molecule has 0 amide bonds. The molecule has 6 heteroatoms. The van der Waals surface area contributed by atoms with Crippen LogP contribution in [0.1, 0.15) is 36.5 Å².